The molecule has 4 rings (SSSR count). The number of nitrogens with one attached hydrogen (secondary N) is 1. The number of amides is 2. The Bertz CT molecular complexity index is 1260. The van der Waals surface area contributed by atoms with Gasteiger partial charge in [-0.2, -0.15) is 0 Å². The molecule has 0 unspecified atom stereocenters. The van der Waals surface area contributed by atoms with Gasteiger partial charge in [0, 0.05) is 17.2 Å². The Hall–Kier alpha value is -4.04. The molecule has 0 radical (unpaired) electrons. The van der Waals surface area contributed by atoms with Gasteiger partial charge in [-0.3, -0.25) is 19.8 Å². The second kappa shape index (κ2) is 9.62. The molecule has 0 aromatic heterocycles. The monoisotopic (exact) mass is 462 g/mol. The van der Waals surface area contributed by atoms with Crippen LogP contribution in [-0.4, -0.2) is 24.0 Å². The highest BCUT2D eigenvalue weighted by Crippen LogP contribution is 2.29. The molecule has 33 heavy (non-hydrogen) atoms. The molecule has 1 saturated heterocycles. The number of anilines is 1. The number of para-hydroxylation sites is 1. The molecule has 1 fully saturated rings. The Balaban J connectivity index is 1.69. The maximum Gasteiger partial charge on any atom is 0.270 e. The third kappa shape index (κ3) is 4.75. The van der Waals surface area contributed by atoms with Crippen molar-refractivity contribution < 1.29 is 23.5 Å². The fraction of sp³-hybridized carbons (Fsp3) is 0.0800. The smallest absolute Gasteiger partial charge is 0.270 e. The number of halogens is 1. The van der Waals surface area contributed by atoms with Gasteiger partial charge in [-0.15, -0.1) is 0 Å². The molecule has 6 nitrogen and oxygen atoms in total. The van der Waals surface area contributed by atoms with E-state index >= 15 is 0 Å². The van der Waals surface area contributed by atoms with Crippen LogP contribution in [0.2, 0.25) is 0 Å². The van der Waals surface area contributed by atoms with E-state index in [2.05, 4.69) is 5.32 Å². The minimum absolute atomic E-state index is 0.000827. The van der Waals surface area contributed by atoms with Crippen LogP contribution >= 0.6 is 12.2 Å². The molecule has 0 saturated carbocycles. The van der Waals surface area contributed by atoms with Crippen LogP contribution in [0.5, 0.6) is 11.5 Å². The number of carbonyl (C=O) groups excluding carboxylic acids is 2. The quantitative estimate of drug-likeness (QED) is 0.337. The molecule has 8 heteroatoms. The van der Waals surface area contributed by atoms with E-state index in [9.17, 15) is 14.0 Å². The average Bonchev–Trinajstić information content (AvgIpc) is 2.82. The topological polar surface area (TPSA) is 67.9 Å². The zero-order valence-corrected chi connectivity index (χ0v) is 18.4. The molecule has 1 heterocycles. The predicted molar refractivity (Wildman–Crippen MR) is 126 cm³/mol. The summed E-state index contributed by atoms with van der Waals surface area (Å²) in [5.41, 5.74) is 1.23. The normalized spacial score (nSPS) is 14.9. The molecule has 0 aliphatic carbocycles. The van der Waals surface area contributed by atoms with Crippen LogP contribution in [0.1, 0.15) is 11.1 Å². The number of benzene rings is 3. The van der Waals surface area contributed by atoms with Crippen molar-refractivity contribution in [2.24, 2.45) is 0 Å². The Kier molecular flexibility index (Phi) is 6.46. The fourth-order valence-electron chi connectivity index (χ4n) is 3.28. The Morgan fingerprint density at radius 2 is 1.76 bits per heavy atom. The molecule has 3 aromatic carbocycles. The summed E-state index contributed by atoms with van der Waals surface area (Å²) >= 11 is 5.22. The van der Waals surface area contributed by atoms with Crippen LogP contribution in [0, 0.1) is 5.82 Å². The van der Waals surface area contributed by atoms with E-state index in [-0.39, 0.29) is 17.3 Å². The number of nitrogens with zero attached hydrogens (tertiary/aromatic N) is 1. The van der Waals surface area contributed by atoms with E-state index in [0.29, 0.717) is 28.3 Å². The first-order chi connectivity index (χ1) is 16.0. The zero-order chi connectivity index (χ0) is 23.4. The molecule has 0 spiro atoms. The van der Waals surface area contributed by atoms with Gasteiger partial charge in [-0.1, -0.05) is 36.4 Å². The van der Waals surface area contributed by atoms with E-state index in [4.69, 9.17) is 21.7 Å². The van der Waals surface area contributed by atoms with E-state index in [1.165, 1.54) is 24.2 Å². The van der Waals surface area contributed by atoms with Gasteiger partial charge in [0.05, 0.1) is 12.8 Å². The molecule has 2 amide bonds. The van der Waals surface area contributed by atoms with Gasteiger partial charge in [0.1, 0.15) is 29.5 Å². The van der Waals surface area contributed by atoms with Crippen molar-refractivity contribution in [3.63, 3.8) is 0 Å². The standard InChI is InChI=1S/C25H19FN2O4S/c1-31-19-12-11-16(22(14-19)32-15-17-7-5-6-10-21(17)26)13-20-23(29)27-25(33)28(24(20)30)18-8-3-2-4-9-18/h2-14H,15H2,1H3,(H,27,29,33)/b20-13-. The summed E-state index contributed by atoms with van der Waals surface area (Å²) in [4.78, 5) is 27.1. The highest BCUT2D eigenvalue weighted by molar-refractivity contribution is 7.80. The summed E-state index contributed by atoms with van der Waals surface area (Å²) in [5, 5.41) is 2.55. The minimum atomic E-state index is -0.618. The van der Waals surface area contributed by atoms with Crippen LogP contribution in [0.25, 0.3) is 6.08 Å². The van der Waals surface area contributed by atoms with Crippen molar-refractivity contribution in [3.05, 3.63) is 95.3 Å². The lowest BCUT2D eigenvalue weighted by Gasteiger charge is -2.29. The second-order valence-corrected chi connectivity index (χ2v) is 7.46. The molecule has 1 N–H and O–H groups in total. The lowest BCUT2D eigenvalue weighted by Crippen LogP contribution is -2.54. The molecule has 0 atom stereocenters. The van der Waals surface area contributed by atoms with E-state index < -0.39 is 17.6 Å². The number of hydrogen-bond donors (Lipinski definition) is 1. The first-order valence-electron chi connectivity index (χ1n) is 9.98. The minimum Gasteiger partial charge on any atom is -0.497 e. The summed E-state index contributed by atoms with van der Waals surface area (Å²) in [7, 11) is 1.50. The van der Waals surface area contributed by atoms with Crippen LogP contribution < -0.4 is 19.7 Å². The van der Waals surface area contributed by atoms with Crippen molar-refractivity contribution in [2.75, 3.05) is 12.0 Å². The van der Waals surface area contributed by atoms with Crippen molar-refractivity contribution in [1.82, 2.24) is 5.32 Å². The Morgan fingerprint density at radius 1 is 1.03 bits per heavy atom. The second-order valence-electron chi connectivity index (χ2n) is 7.08. The number of ether oxygens (including phenoxy) is 2. The van der Waals surface area contributed by atoms with E-state index in [1.54, 1.807) is 60.7 Å². The third-order valence-electron chi connectivity index (χ3n) is 4.98. The molecule has 166 valence electrons. The zero-order valence-electron chi connectivity index (χ0n) is 17.6. The SMILES string of the molecule is COc1ccc(/C=C2/C(=O)NC(=S)N(c3ccccc3)C2=O)c(OCc2ccccc2F)c1. The molecule has 0 bridgehead atoms. The maximum atomic E-state index is 14.0. The van der Waals surface area contributed by atoms with Gasteiger partial charge in [0.2, 0.25) is 0 Å². The van der Waals surface area contributed by atoms with Crippen molar-refractivity contribution in [1.29, 1.82) is 0 Å². The van der Waals surface area contributed by atoms with E-state index in [0.717, 1.165) is 0 Å². The first kappa shape index (κ1) is 22.2. The first-order valence-corrected chi connectivity index (χ1v) is 10.4. The van der Waals surface area contributed by atoms with Gasteiger partial charge < -0.3 is 9.47 Å². The summed E-state index contributed by atoms with van der Waals surface area (Å²) in [5.74, 6) is -0.745. The van der Waals surface area contributed by atoms with Gasteiger partial charge >= 0.3 is 0 Å². The molecular formula is C25H19FN2O4S. The molecule has 3 aromatic rings. The van der Waals surface area contributed by atoms with Crippen LogP contribution in [-0.2, 0) is 16.2 Å². The van der Waals surface area contributed by atoms with Gasteiger partial charge in [-0.25, -0.2) is 4.39 Å². The Morgan fingerprint density at radius 3 is 2.48 bits per heavy atom. The maximum absolute atomic E-state index is 14.0. The molecule has 1 aliphatic rings. The summed E-state index contributed by atoms with van der Waals surface area (Å²) < 4.78 is 25.1. The number of thiocarbonyl (C=S) groups is 1. The number of carbonyl (C=O) groups is 2. The lowest BCUT2D eigenvalue weighted by atomic mass is 10.1. The summed E-state index contributed by atoms with van der Waals surface area (Å²) in [6.45, 7) is -0.0453. The summed E-state index contributed by atoms with van der Waals surface area (Å²) in [6.07, 6.45) is 1.42. The van der Waals surface area contributed by atoms with Crippen LogP contribution in [0.15, 0.2) is 78.4 Å². The number of rotatable bonds is 6. The van der Waals surface area contributed by atoms with Gasteiger partial charge in [0.15, 0.2) is 5.11 Å². The molecular weight excluding hydrogens is 443 g/mol. The average molecular weight is 463 g/mol. The molecule has 1 aliphatic heterocycles. The van der Waals surface area contributed by atoms with Crippen LogP contribution in [0.3, 0.4) is 0 Å². The third-order valence-corrected chi connectivity index (χ3v) is 5.26. The van der Waals surface area contributed by atoms with Gasteiger partial charge in [-0.05, 0) is 48.6 Å². The Labute approximate surface area is 195 Å². The predicted octanol–water partition coefficient (Wildman–Crippen LogP) is 4.24. The van der Waals surface area contributed by atoms with Crippen molar-refractivity contribution in [3.8, 4) is 11.5 Å². The summed E-state index contributed by atoms with van der Waals surface area (Å²) in [6, 6.07) is 20.0. The van der Waals surface area contributed by atoms with Crippen molar-refractivity contribution >= 4 is 40.9 Å². The van der Waals surface area contributed by atoms with Gasteiger partial charge in [0.25, 0.3) is 11.8 Å². The number of hydrogen-bond acceptors (Lipinski definition) is 5. The highest BCUT2D eigenvalue weighted by Gasteiger charge is 2.34. The van der Waals surface area contributed by atoms with Crippen LogP contribution in [0.4, 0.5) is 10.1 Å². The van der Waals surface area contributed by atoms with E-state index in [1.807, 2.05) is 6.07 Å². The lowest BCUT2D eigenvalue weighted by molar-refractivity contribution is -0.122. The largest absolute Gasteiger partial charge is 0.497 e. The van der Waals surface area contributed by atoms with Crippen molar-refractivity contribution in [2.45, 2.75) is 6.61 Å². The number of methoxy groups -OCH3 is 1. The fourth-order valence-corrected chi connectivity index (χ4v) is 3.56. The highest BCUT2D eigenvalue weighted by atomic mass is 32.1.